The predicted octanol–water partition coefficient (Wildman–Crippen LogP) is 2.87. The first-order valence-corrected chi connectivity index (χ1v) is 7.15. The van der Waals surface area contributed by atoms with Gasteiger partial charge in [0.15, 0.2) is 23.1 Å². The lowest BCUT2D eigenvalue weighted by Gasteiger charge is -2.09. The van der Waals surface area contributed by atoms with Crippen LogP contribution < -0.4 is 14.2 Å². The van der Waals surface area contributed by atoms with Crippen LogP contribution in [0.2, 0.25) is 0 Å². The van der Waals surface area contributed by atoms with E-state index < -0.39 is 5.78 Å². The summed E-state index contributed by atoms with van der Waals surface area (Å²) in [7, 11) is 4.42. The van der Waals surface area contributed by atoms with Crippen LogP contribution in [0.3, 0.4) is 0 Å². The average Bonchev–Trinajstić information content (AvgIpc) is 2.60. The Morgan fingerprint density at radius 2 is 1.58 bits per heavy atom. The number of Topliss-reactive ketones (excluding diaryl/α,β-unsaturated/α-hetero) is 2. The van der Waals surface area contributed by atoms with Crippen LogP contribution in [-0.2, 0) is 0 Å². The van der Waals surface area contributed by atoms with Crippen LogP contribution in [0.1, 0.15) is 27.1 Å². The molecule has 0 saturated carbocycles. The molecule has 6 heteroatoms. The van der Waals surface area contributed by atoms with Gasteiger partial charge < -0.3 is 19.3 Å². The van der Waals surface area contributed by atoms with Gasteiger partial charge in [-0.25, -0.2) is 0 Å². The summed E-state index contributed by atoms with van der Waals surface area (Å²) in [4.78, 5) is 24.6. The Morgan fingerprint density at radius 3 is 2.17 bits per heavy atom. The van der Waals surface area contributed by atoms with Crippen LogP contribution in [-0.4, -0.2) is 38.0 Å². The second-order valence-corrected chi connectivity index (χ2v) is 4.98. The van der Waals surface area contributed by atoms with E-state index >= 15 is 0 Å². The van der Waals surface area contributed by atoms with E-state index in [2.05, 4.69) is 0 Å². The number of phenolic OH excluding ortho intramolecular Hbond substituents is 1. The molecule has 0 bridgehead atoms. The highest BCUT2D eigenvalue weighted by Crippen LogP contribution is 2.29. The van der Waals surface area contributed by atoms with E-state index in [1.165, 1.54) is 39.5 Å². The van der Waals surface area contributed by atoms with Gasteiger partial charge in [-0.1, -0.05) is 0 Å². The molecule has 24 heavy (non-hydrogen) atoms. The van der Waals surface area contributed by atoms with Crippen molar-refractivity contribution in [3.05, 3.63) is 47.5 Å². The molecule has 0 aliphatic heterocycles. The number of rotatable bonds is 7. The first-order valence-electron chi connectivity index (χ1n) is 7.15. The molecule has 1 N–H and O–H groups in total. The van der Waals surface area contributed by atoms with Gasteiger partial charge in [-0.3, -0.25) is 9.59 Å². The fourth-order valence-electron chi connectivity index (χ4n) is 2.23. The molecule has 0 atom stereocenters. The van der Waals surface area contributed by atoms with Gasteiger partial charge >= 0.3 is 0 Å². The minimum Gasteiger partial charge on any atom is -0.507 e. The van der Waals surface area contributed by atoms with E-state index in [0.29, 0.717) is 22.8 Å². The van der Waals surface area contributed by atoms with Gasteiger partial charge in [-0.15, -0.1) is 0 Å². The lowest BCUT2D eigenvalue weighted by molar-refractivity contribution is 0.0893. The number of hydrogen-bond donors (Lipinski definition) is 1. The van der Waals surface area contributed by atoms with Crippen molar-refractivity contribution < 1.29 is 28.9 Å². The molecule has 126 valence electrons. The molecule has 0 radical (unpaired) electrons. The summed E-state index contributed by atoms with van der Waals surface area (Å²) < 4.78 is 15.2. The van der Waals surface area contributed by atoms with Crippen molar-refractivity contribution in [2.24, 2.45) is 0 Å². The molecule has 0 aromatic heterocycles. The van der Waals surface area contributed by atoms with Crippen molar-refractivity contribution >= 4 is 11.6 Å². The van der Waals surface area contributed by atoms with E-state index in [-0.39, 0.29) is 23.5 Å². The number of phenols is 1. The maximum atomic E-state index is 12.3. The third-order valence-corrected chi connectivity index (χ3v) is 3.53. The Hall–Kier alpha value is -3.02. The normalized spacial score (nSPS) is 10.1. The highest BCUT2D eigenvalue weighted by Gasteiger charge is 2.18. The summed E-state index contributed by atoms with van der Waals surface area (Å²) in [5, 5.41) is 9.88. The number of aromatic hydroxyl groups is 1. The summed E-state index contributed by atoms with van der Waals surface area (Å²) in [6.45, 7) is 0. The molecule has 0 unspecified atom stereocenters. The Morgan fingerprint density at radius 1 is 0.875 bits per heavy atom. The molecule has 2 aromatic carbocycles. The molecule has 0 fully saturated rings. The van der Waals surface area contributed by atoms with Crippen LogP contribution in [0.25, 0.3) is 0 Å². The van der Waals surface area contributed by atoms with Crippen LogP contribution in [0.5, 0.6) is 23.0 Å². The van der Waals surface area contributed by atoms with Crippen molar-refractivity contribution in [2.45, 2.75) is 6.42 Å². The van der Waals surface area contributed by atoms with E-state index in [0.717, 1.165) is 0 Å². The zero-order valence-electron chi connectivity index (χ0n) is 13.7. The van der Waals surface area contributed by atoms with Crippen molar-refractivity contribution in [1.82, 2.24) is 0 Å². The zero-order valence-corrected chi connectivity index (χ0v) is 13.7. The summed E-state index contributed by atoms with van der Waals surface area (Å²) >= 11 is 0. The number of ketones is 2. The minimum absolute atomic E-state index is 0.0737. The molecule has 2 aromatic rings. The molecule has 2 rings (SSSR count). The Kier molecular flexibility index (Phi) is 5.42. The lowest BCUT2D eigenvalue weighted by atomic mass is 10.0. The molecule has 0 aliphatic rings. The third kappa shape index (κ3) is 3.65. The predicted molar refractivity (Wildman–Crippen MR) is 87.5 cm³/mol. The van der Waals surface area contributed by atoms with Crippen molar-refractivity contribution in [3.8, 4) is 23.0 Å². The monoisotopic (exact) mass is 330 g/mol. The summed E-state index contributed by atoms with van der Waals surface area (Å²) in [5.41, 5.74) is 0.402. The molecule has 6 nitrogen and oxygen atoms in total. The molecule has 0 spiro atoms. The van der Waals surface area contributed by atoms with Crippen molar-refractivity contribution in [1.29, 1.82) is 0 Å². The topological polar surface area (TPSA) is 82.1 Å². The number of hydrogen-bond acceptors (Lipinski definition) is 6. The van der Waals surface area contributed by atoms with Crippen LogP contribution >= 0.6 is 0 Å². The Labute approximate surface area is 139 Å². The van der Waals surface area contributed by atoms with Crippen LogP contribution in [0.15, 0.2) is 36.4 Å². The highest BCUT2D eigenvalue weighted by molar-refractivity contribution is 6.14. The highest BCUT2D eigenvalue weighted by atomic mass is 16.5. The maximum absolute atomic E-state index is 12.3. The fraction of sp³-hybridized carbons (Fsp3) is 0.222. The van der Waals surface area contributed by atoms with E-state index in [1.54, 1.807) is 18.2 Å². The summed E-state index contributed by atoms with van der Waals surface area (Å²) in [6.07, 6.45) is -0.366. The lowest BCUT2D eigenvalue weighted by Crippen LogP contribution is -2.09. The van der Waals surface area contributed by atoms with Gasteiger partial charge in [-0.05, 0) is 30.3 Å². The first-order chi connectivity index (χ1) is 11.5. The number of benzene rings is 2. The standard InChI is InChI=1S/C18H18O6/c1-22-12-5-6-13(15(20)9-12)16(21)10-14(19)11-4-7-17(23-2)18(8-11)24-3/h4-9,20H,10H2,1-3H3. The third-order valence-electron chi connectivity index (χ3n) is 3.53. The van der Waals surface area contributed by atoms with Crippen LogP contribution in [0, 0.1) is 0 Å². The average molecular weight is 330 g/mol. The van der Waals surface area contributed by atoms with Gasteiger partial charge in [0.25, 0.3) is 0 Å². The second kappa shape index (κ2) is 7.50. The minimum atomic E-state index is -0.477. The van der Waals surface area contributed by atoms with Gasteiger partial charge in [0.2, 0.25) is 0 Å². The molecular formula is C18H18O6. The van der Waals surface area contributed by atoms with Crippen LogP contribution in [0.4, 0.5) is 0 Å². The first kappa shape index (κ1) is 17.3. The number of carbonyl (C=O) groups excluding carboxylic acids is 2. The summed E-state index contributed by atoms with van der Waals surface area (Å²) in [6, 6.07) is 8.98. The van der Waals surface area contributed by atoms with Gasteiger partial charge in [-0.2, -0.15) is 0 Å². The SMILES string of the molecule is COc1ccc(C(=O)CC(=O)c2ccc(OC)c(OC)c2)c(O)c1. The number of carbonyl (C=O) groups is 2. The van der Waals surface area contributed by atoms with Gasteiger partial charge in [0, 0.05) is 11.6 Å². The largest absolute Gasteiger partial charge is 0.507 e. The van der Waals surface area contributed by atoms with E-state index in [9.17, 15) is 14.7 Å². The zero-order chi connectivity index (χ0) is 17.7. The molecule has 0 saturated heterocycles. The summed E-state index contributed by atoms with van der Waals surface area (Å²) in [5.74, 6) is 0.247. The number of methoxy groups -OCH3 is 3. The van der Waals surface area contributed by atoms with E-state index in [1.807, 2.05) is 0 Å². The van der Waals surface area contributed by atoms with Crippen molar-refractivity contribution in [2.75, 3.05) is 21.3 Å². The second-order valence-electron chi connectivity index (χ2n) is 4.98. The van der Waals surface area contributed by atoms with Gasteiger partial charge in [0.1, 0.15) is 11.5 Å². The smallest absolute Gasteiger partial charge is 0.174 e. The molecule has 0 aliphatic carbocycles. The number of ether oxygens (including phenoxy) is 3. The maximum Gasteiger partial charge on any atom is 0.174 e. The molecule has 0 heterocycles. The molecule has 0 amide bonds. The Bertz CT molecular complexity index is 766. The quantitative estimate of drug-likeness (QED) is 0.621. The fourth-order valence-corrected chi connectivity index (χ4v) is 2.23. The van der Waals surface area contributed by atoms with Gasteiger partial charge in [0.05, 0.1) is 33.3 Å². The Balaban J connectivity index is 2.18. The van der Waals surface area contributed by atoms with E-state index in [4.69, 9.17) is 14.2 Å². The van der Waals surface area contributed by atoms with Crippen molar-refractivity contribution in [3.63, 3.8) is 0 Å². The molecular weight excluding hydrogens is 312 g/mol.